The van der Waals surface area contributed by atoms with Gasteiger partial charge in [-0.15, -0.1) is 0 Å². The predicted molar refractivity (Wildman–Crippen MR) is 82.8 cm³/mol. The molecule has 0 aliphatic carbocycles. The predicted octanol–water partition coefficient (Wildman–Crippen LogP) is 0.248. The summed E-state index contributed by atoms with van der Waals surface area (Å²) in [6, 6.07) is -0.0889. The van der Waals surface area contributed by atoms with Gasteiger partial charge in [0, 0.05) is 19.1 Å². The van der Waals surface area contributed by atoms with Crippen LogP contribution in [0.1, 0.15) is 33.2 Å². The molecule has 8 nitrogen and oxygen atoms in total. The minimum absolute atomic E-state index is 0.0889. The lowest BCUT2D eigenvalue weighted by Gasteiger charge is -2.09. The molecule has 0 saturated heterocycles. The molecule has 2 rings (SSSR count). The highest BCUT2D eigenvalue weighted by atomic mass is 16.2. The molecule has 8 heteroatoms. The van der Waals surface area contributed by atoms with E-state index >= 15 is 0 Å². The van der Waals surface area contributed by atoms with Gasteiger partial charge in [-0.1, -0.05) is 0 Å². The first kappa shape index (κ1) is 15.3. The Morgan fingerprint density at radius 1 is 1.38 bits per heavy atom. The molecule has 0 bridgehead atoms. The average Bonchev–Trinajstić information content (AvgIpc) is 2.77. The van der Waals surface area contributed by atoms with Crippen LogP contribution in [-0.4, -0.2) is 32.2 Å². The van der Waals surface area contributed by atoms with Crippen molar-refractivity contribution in [3.05, 3.63) is 20.8 Å². The number of rotatable bonds is 6. The Morgan fingerprint density at radius 3 is 2.67 bits per heavy atom. The van der Waals surface area contributed by atoms with Crippen molar-refractivity contribution in [2.75, 3.05) is 18.4 Å². The Bertz CT molecular complexity index is 739. The van der Waals surface area contributed by atoms with E-state index in [1.807, 2.05) is 20.8 Å². The van der Waals surface area contributed by atoms with Gasteiger partial charge in [0.2, 0.25) is 5.95 Å². The Morgan fingerprint density at radius 2 is 2.10 bits per heavy atom. The third kappa shape index (κ3) is 2.71. The molecule has 0 fully saturated rings. The molecule has 21 heavy (non-hydrogen) atoms. The van der Waals surface area contributed by atoms with Crippen LogP contribution in [0.4, 0.5) is 5.95 Å². The standard InChI is InChI=1S/C13H22N6O2/c1-4-18-9-10(16-12(18)15-7-5-6-14)19(8(2)3)13(21)17-11(9)20/h8H,4-7,14H2,1-3H3,(H,15,16)(H,17,20,21). The first-order valence-electron chi connectivity index (χ1n) is 7.20. The van der Waals surface area contributed by atoms with E-state index in [0.29, 0.717) is 36.7 Å². The maximum Gasteiger partial charge on any atom is 0.330 e. The molecule has 0 radical (unpaired) electrons. The Kier molecular flexibility index (Phi) is 4.46. The highest BCUT2D eigenvalue weighted by Gasteiger charge is 2.18. The van der Waals surface area contributed by atoms with Crippen molar-refractivity contribution < 1.29 is 0 Å². The smallest absolute Gasteiger partial charge is 0.330 e. The summed E-state index contributed by atoms with van der Waals surface area (Å²) in [5, 5.41) is 3.17. The SMILES string of the molecule is CCn1c(NCCCN)nc2c1c(=O)[nH]c(=O)n2C(C)C. The first-order chi connectivity index (χ1) is 10.0. The van der Waals surface area contributed by atoms with Crippen molar-refractivity contribution in [2.45, 2.75) is 39.8 Å². The topological polar surface area (TPSA) is 111 Å². The van der Waals surface area contributed by atoms with Crippen LogP contribution < -0.4 is 22.3 Å². The zero-order chi connectivity index (χ0) is 15.6. The summed E-state index contributed by atoms with van der Waals surface area (Å²) in [7, 11) is 0. The van der Waals surface area contributed by atoms with E-state index in [0.717, 1.165) is 6.42 Å². The molecule has 0 aromatic carbocycles. The normalized spacial score (nSPS) is 11.5. The van der Waals surface area contributed by atoms with Crippen molar-refractivity contribution >= 4 is 17.1 Å². The molecule has 4 N–H and O–H groups in total. The fourth-order valence-electron chi connectivity index (χ4n) is 2.37. The third-order valence-corrected chi connectivity index (χ3v) is 3.33. The van der Waals surface area contributed by atoms with Gasteiger partial charge in [0.25, 0.3) is 5.56 Å². The summed E-state index contributed by atoms with van der Waals surface area (Å²) in [6.45, 7) is 7.53. The van der Waals surface area contributed by atoms with Crippen LogP contribution in [0.3, 0.4) is 0 Å². The molecule has 2 aromatic rings. The van der Waals surface area contributed by atoms with Gasteiger partial charge in [-0.05, 0) is 33.7 Å². The minimum Gasteiger partial charge on any atom is -0.356 e. The molecular formula is C13H22N6O2. The van der Waals surface area contributed by atoms with E-state index in [-0.39, 0.29) is 6.04 Å². The molecule has 0 amide bonds. The van der Waals surface area contributed by atoms with E-state index in [4.69, 9.17) is 5.73 Å². The summed E-state index contributed by atoms with van der Waals surface area (Å²) in [5.41, 5.74) is 5.47. The Labute approximate surface area is 122 Å². The van der Waals surface area contributed by atoms with Gasteiger partial charge in [0.15, 0.2) is 11.2 Å². The number of aromatic nitrogens is 4. The molecule has 2 heterocycles. The molecular weight excluding hydrogens is 272 g/mol. The van der Waals surface area contributed by atoms with E-state index in [1.54, 1.807) is 4.57 Å². The Balaban J connectivity index is 2.68. The molecule has 0 aliphatic rings. The second-order valence-electron chi connectivity index (χ2n) is 5.14. The quantitative estimate of drug-likeness (QED) is 0.661. The fraction of sp³-hybridized carbons (Fsp3) is 0.615. The summed E-state index contributed by atoms with van der Waals surface area (Å²) >= 11 is 0. The van der Waals surface area contributed by atoms with Crippen molar-refractivity contribution in [1.82, 2.24) is 19.1 Å². The van der Waals surface area contributed by atoms with Crippen LogP contribution in [0.5, 0.6) is 0 Å². The van der Waals surface area contributed by atoms with Crippen molar-refractivity contribution in [2.24, 2.45) is 5.73 Å². The van der Waals surface area contributed by atoms with E-state index in [1.165, 1.54) is 4.57 Å². The van der Waals surface area contributed by atoms with Crippen LogP contribution in [0.15, 0.2) is 9.59 Å². The molecule has 0 atom stereocenters. The molecule has 0 unspecified atom stereocenters. The van der Waals surface area contributed by atoms with Crippen molar-refractivity contribution in [1.29, 1.82) is 0 Å². The molecule has 2 aromatic heterocycles. The number of imidazole rings is 1. The number of hydrogen-bond donors (Lipinski definition) is 3. The second kappa shape index (κ2) is 6.13. The monoisotopic (exact) mass is 294 g/mol. The lowest BCUT2D eigenvalue weighted by Crippen LogP contribution is -2.32. The van der Waals surface area contributed by atoms with Crippen molar-refractivity contribution in [3.63, 3.8) is 0 Å². The number of H-pyrrole nitrogens is 1. The van der Waals surface area contributed by atoms with Crippen LogP contribution in [0, 0.1) is 0 Å². The van der Waals surface area contributed by atoms with E-state index in [2.05, 4.69) is 15.3 Å². The zero-order valence-electron chi connectivity index (χ0n) is 12.6. The van der Waals surface area contributed by atoms with Crippen LogP contribution in [0.2, 0.25) is 0 Å². The number of aryl methyl sites for hydroxylation is 1. The second-order valence-corrected chi connectivity index (χ2v) is 5.14. The van der Waals surface area contributed by atoms with Gasteiger partial charge < -0.3 is 15.6 Å². The lowest BCUT2D eigenvalue weighted by atomic mass is 10.3. The maximum absolute atomic E-state index is 12.1. The van der Waals surface area contributed by atoms with Gasteiger partial charge in [-0.3, -0.25) is 14.3 Å². The number of nitrogens with two attached hydrogens (primary N) is 1. The van der Waals surface area contributed by atoms with Crippen molar-refractivity contribution in [3.8, 4) is 0 Å². The van der Waals surface area contributed by atoms with Gasteiger partial charge >= 0.3 is 5.69 Å². The first-order valence-corrected chi connectivity index (χ1v) is 7.20. The van der Waals surface area contributed by atoms with E-state index < -0.39 is 11.2 Å². The third-order valence-electron chi connectivity index (χ3n) is 3.33. The number of hydrogen-bond acceptors (Lipinski definition) is 5. The zero-order valence-corrected chi connectivity index (χ0v) is 12.6. The number of aromatic amines is 1. The minimum atomic E-state index is -0.434. The average molecular weight is 294 g/mol. The summed E-state index contributed by atoms with van der Waals surface area (Å²) in [6.07, 6.45) is 0.806. The highest BCUT2D eigenvalue weighted by molar-refractivity contribution is 5.74. The van der Waals surface area contributed by atoms with Gasteiger partial charge in [-0.25, -0.2) is 4.79 Å². The molecule has 0 saturated carbocycles. The molecule has 0 spiro atoms. The number of nitrogens with one attached hydrogen (secondary N) is 2. The number of nitrogens with zero attached hydrogens (tertiary/aromatic N) is 3. The van der Waals surface area contributed by atoms with E-state index in [9.17, 15) is 9.59 Å². The highest BCUT2D eigenvalue weighted by Crippen LogP contribution is 2.17. The van der Waals surface area contributed by atoms with Gasteiger partial charge in [0.05, 0.1) is 0 Å². The maximum atomic E-state index is 12.1. The lowest BCUT2D eigenvalue weighted by molar-refractivity contribution is 0.580. The molecule has 116 valence electrons. The van der Waals surface area contributed by atoms with Gasteiger partial charge in [0.1, 0.15) is 0 Å². The van der Waals surface area contributed by atoms with Gasteiger partial charge in [-0.2, -0.15) is 4.98 Å². The largest absolute Gasteiger partial charge is 0.356 e. The summed E-state index contributed by atoms with van der Waals surface area (Å²) in [4.78, 5) is 30.9. The summed E-state index contributed by atoms with van der Waals surface area (Å²) < 4.78 is 3.28. The summed E-state index contributed by atoms with van der Waals surface area (Å²) in [5.74, 6) is 0.589. The van der Waals surface area contributed by atoms with Crippen LogP contribution in [-0.2, 0) is 6.54 Å². The van der Waals surface area contributed by atoms with Crippen LogP contribution in [0.25, 0.3) is 11.2 Å². The number of fused-ring (bicyclic) bond motifs is 1. The van der Waals surface area contributed by atoms with Crippen LogP contribution >= 0.6 is 0 Å². The number of anilines is 1. The molecule has 0 aliphatic heterocycles. The fourth-order valence-corrected chi connectivity index (χ4v) is 2.37. The Hall–Kier alpha value is -2.09.